The van der Waals surface area contributed by atoms with Gasteiger partial charge >= 0.3 is 0 Å². The summed E-state index contributed by atoms with van der Waals surface area (Å²) >= 11 is 0. The Labute approximate surface area is 120 Å². The molecule has 0 amide bonds. The lowest BCUT2D eigenvalue weighted by Crippen LogP contribution is -2.40. The van der Waals surface area contributed by atoms with Crippen LogP contribution in [-0.2, 0) is 0 Å². The highest BCUT2D eigenvalue weighted by atomic mass is 15.2. The molecule has 3 nitrogen and oxygen atoms in total. The molecule has 1 atom stereocenters. The van der Waals surface area contributed by atoms with Crippen molar-refractivity contribution in [3.8, 4) is 0 Å². The van der Waals surface area contributed by atoms with E-state index in [-0.39, 0.29) is 11.5 Å². The SMILES string of the molecule is CCC1(C(NN)c2cncc3ccccc23)CCCC1. The number of fused-ring (bicyclic) bond motifs is 1. The summed E-state index contributed by atoms with van der Waals surface area (Å²) in [6, 6.07) is 8.63. The van der Waals surface area contributed by atoms with Gasteiger partial charge in [0, 0.05) is 17.8 Å². The number of aromatic nitrogens is 1. The molecule has 1 aliphatic carbocycles. The molecule has 0 saturated heterocycles. The largest absolute Gasteiger partial charge is 0.271 e. The fourth-order valence-corrected chi connectivity index (χ4v) is 3.89. The molecule has 0 bridgehead atoms. The number of pyridine rings is 1. The normalized spacial score (nSPS) is 19.3. The van der Waals surface area contributed by atoms with E-state index < -0.39 is 0 Å². The molecule has 3 rings (SSSR count). The molecule has 1 aromatic carbocycles. The summed E-state index contributed by atoms with van der Waals surface area (Å²) in [7, 11) is 0. The van der Waals surface area contributed by atoms with Gasteiger partial charge in [0.05, 0.1) is 6.04 Å². The second-order valence-corrected chi connectivity index (χ2v) is 5.97. The van der Waals surface area contributed by atoms with Crippen LogP contribution in [-0.4, -0.2) is 4.98 Å². The highest BCUT2D eigenvalue weighted by molar-refractivity contribution is 5.85. The van der Waals surface area contributed by atoms with E-state index in [1.165, 1.54) is 42.0 Å². The lowest BCUT2D eigenvalue weighted by atomic mass is 9.73. The Morgan fingerprint density at radius 3 is 2.70 bits per heavy atom. The lowest BCUT2D eigenvalue weighted by Gasteiger charge is -2.37. The molecule has 1 fully saturated rings. The molecule has 1 saturated carbocycles. The van der Waals surface area contributed by atoms with Crippen LogP contribution >= 0.6 is 0 Å². The monoisotopic (exact) mass is 269 g/mol. The fraction of sp³-hybridized carbons (Fsp3) is 0.471. The van der Waals surface area contributed by atoms with E-state index in [0.717, 1.165) is 6.42 Å². The molecule has 20 heavy (non-hydrogen) atoms. The van der Waals surface area contributed by atoms with Crippen LogP contribution in [0.1, 0.15) is 50.6 Å². The van der Waals surface area contributed by atoms with E-state index >= 15 is 0 Å². The molecule has 3 N–H and O–H groups in total. The van der Waals surface area contributed by atoms with E-state index in [9.17, 15) is 0 Å². The first-order chi connectivity index (χ1) is 9.80. The molecule has 1 unspecified atom stereocenters. The molecule has 1 aliphatic rings. The van der Waals surface area contributed by atoms with Crippen LogP contribution in [0.15, 0.2) is 36.7 Å². The van der Waals surface area contributed by atoms with Gasteiger partial charge in [0.25, 0.3) is 0 Å². The van der Waals surface area contributed by atoms with Crippen molar-refractivity contribution < 1.29 is 0 Å². The lowest BCUT2D eigenvalue weighted by molar-refractivity contribution is 0.189. The third-order valence-electron chi connectivity index (χ3n) is 5.09. The van der Waals surface area contributed by atoms with Crippen LogP contribution in [0.2, 0.25) is 0 Å². The van der Waals surface area contributed by atoms with Crippen LogP contribution in [0.5, 0.6) is 0 Å². The Morgan fingerprint density at radius 1 is 1.25 bits per heavy atom. The Kier molecular flexibility index (Phi) is 3.72. The minimum Gasteiger partial charge on any atom is -0.271 e. The van der Waals surface area contributed by atoms with Gasteiger partial charge in [-0.05, 0) is 35.6 Å². The van der Waals surface area contributed by atoms with Gasteiger partial charge in [0.15, 0.2) is 0 Å². The number of hydrogen-bond donors (Lipinski definition) is 2. The molecule has 3 heteroatoms. The highest BCUT2D eigenvalue weighted by Crippen LogP contribution is 2.50. The Bertz CT molecular complexity index is 582. The van der Waals surface area contributed by atoms with Gasteiger partial charge in [0.1, 0.15) is 0 Å². The number of nitrogens with two attached hydrogens (primary N) is 1. The Hall–Kier alpha value is -1.45. The van der Waals surface area contributed by atoms with Gasteiger partial charge in [-0.25, -0.2) is 0 Å². The van der Waals surface area contributed by atoms with Gasteiger partial charge in [-0.15, -0.1) is 0 Å². The minimum absolute atomic E-state index is 0.189. The number of hydrazine groups is 1. The summed E-state index contributed by atoms with van der Waals surface area (Å²) in [5, 5.41) is 2.46. The van der Waals surface area contributed by atoms with Gasteiger partial charge < -0.3 is 0 Å². The standard InChI is InChI=1S/C17H23N3/c1-2-17(9-5-6-10-17)16(20-18)15-12-19-11-13-7-3-4-8-14(13)15/h3-4,7-8,11-12,16,20H,2,5-6,9-10,18H2,1H3. The molecule has 0 aliphatic heterocycles. The maximum Gasteiger partial charge on any atom is 0.0537 e. The summed E-state index contributed by atoms with van der Waals surface area (Å²) in [6.45, 7) is 2.29. The quantitative estimate of drug-likeness (QED) is 0.657. The Morgan fingerprint density at radius 2 is 2.00 bits per heavy atom. The number of benzene rings is 1. The van der Waals surface area contributed by atoms with Crippen molar-refractivity contribution in [3.05, 3.63) is 42.2 Å². The third-order valence-corrected chi connectivity index (χ3v) is 5.09. The first-order valence-electron chi connectivity index (χ1n) is 7.59. The second-order valence-electron chi connectivity index (χ2n) is 5.97. The summed E-state index contributed by atoms with van der Waals surface area (Å²) in [4.78, 5) is 4.42. The zero-order chi connectivity index (χ0) is 14.0. The average Bonchev–Trinajstić information content (AvgIpc) is 2.98. The number of nitrogens with zero attached hydrogens (tertiary/aromatic N) is 1. The third kappa shape index (κ3) is 2.11. The summed E-state index contributed by atoms with van der Waals surface area (Å²) < 4.78 is 0. The van der Waals surface area contributed by atoms with Crippen LogP contribution in [0, 0.1) is 5.41 Å². The number of rotatable bonds is 4. The Balaban J connectivity index is 2.12. The smallest absolute Gasteiger partial charge is 0.0537 e. The summed E-state index contributed by atoms with van der Waals surface area (Å²) in [6.07, 6.45) is 10.2. The molecular formula is C17H23N3. The first kappa shape index (κ1) is 13.5. The second kappa shape index (κ2) is 5.51. The maximum atomic E-state index is 5.96. The van der Waals surface area contributed by atoms with Crippen molar-refractivity contribution in [1.29, 1.82) is 0 Å². The predicted molar refractivity (Wildman–Crippen MR) is 83.0 cm³/mol. The predicted octanol–water partition coefficient (Wildman–Crippen LogP) is 3.71. The van der Waals surface area contributed by atoms with E-state index in [0.29, 0.717) is 0 Å². The average molecular weight is 269 g/mol. The van der Waals surface area contributed by atoms with Crippen molar-refractivity contribution in [3.63, 3.8) is 0 Å². The van der Waals surface area contributed by atoms with E-state index in [1.54, 1.807) is 0 Å². The minimum atomic E-state index is 0.189. The van der Waals surface area contributed by atoms with Crippen LogP contribution in [0.25, 0.3) is 10.8 Å². The maximum absolute atomic E-state index is 5.96. The van der Waals surface area contributed by atoms with Gasteiger partial charge in [-0.2, -0.15) is 0 Å². The van der Waals surface area contributed by atoms with E-state index in [2.05, 4.69) is 41.6 Å². The topological polar surface area (TPSA) is 50.9 Å². The molecule has 1 aromatic heterocycles. The van der Waals surface area contributed by atoms with Gasteiger partial charge in [0.2, 0.25) is 0 Å². The molecular weight excluding hydrogens is 246 g/mol. The van der Waals surface area contributed by atoms with Gasteiger partial charge in [-0.3, -0.25) is 16.3 Å². The first-order valence-corrected chi connectivity index (χ1v) is 7.59. The number of nitrogens with one attached hydrogen (secondary N) is 1. The molecule has 0 radical (unpaired) electrons. The zero-order valence-corrected chi connectivity index (χ0v) is 12.1. The zero-order valence-electron chi connectivity index (χ0n) is 12.1. The van der Waals surface area contributed by atoms with E-state index in [1.807, 2.05) is 12.4 Å². The highest BCUT2D eigenvalue weighted by Gasteiger charge is 2.40. The van der Waals surface area contributed by atoms with Crippen molar-refractivity contribution in [2.45, 2.75) is 45.1 Å². The fourth-order valence-electron chi connectivity index (χ4n) is 3.89. The number of hydrogen-bond acceptors (Lipinski definition) is 3. The van der Waals surface area contributed by atoms with Crippen LogP contribution in [0.4, 0.5) is 0 Å². The van der Waals surface area contributed by atoms with Crippen LogP contribution in [0.3, 0.4) is 0 Å². The van der Waals surface area contributed by atoms with Crippen molar-refractivity contribution in [2.75, 3.05) is 0 Å². The van der Waals surface area contributed by atoms with Crippen molar-refractivity contribution >= 4 is 10.8 Å². The van der Waals surface area contributed by atoms with Crippen LogP contribution < -0.4 is 11.3 Å². The van der Waals surface area contributed by atoms with Crippen molar-refractivity contribution in [2.24, 2.45) is 11.3 Å². The van der Waals surface area contributed by atoms with E-state index in [4.69, 9.17) is 5.84 Å². The van der Waals surface area contributed by atoms with Crippen molar-refractivity contribution in [1.82, 2.24) is 10.4 Å². The molecule has 1 heterocycles. The molecule has 106 valence electrons. The molecule has 2 aromatic rings. The summed E-state index contributed by atoms with van der Waals surface area (Å²) in [5.74, 6) is 5.96. The van der Waals surface area contributed by atoms with Gasteiger partial charge in [-0.1, -0.05) is 44.0 Å². The molecule has 0 spiro atoms. The summed E-state index contributed by atoms with van der Waals surface area (Å²) in [5.41, 5.74) is 4.63.